The summed E-state index contributed by atoms with van der Waals surface area (Å²) < 4.78 is 0. The van der Waals surface area contributed by atoms with Crippen LogP contribution in [0.5, 0.6) is 0 Å². The number of nitrogens with one attached hydrogen (secondary N) is 1. The Morgan fingerprint density at radius 1 is 1.59 bits per heavy atom. The average Bonchev–Trinajstić information content (AvgIpc) is 2.85. The lowest BCUT2D eigenvalue weighted by Crippen LogP contribution is -2.37. The number of nitrogens with two attached hydrogens (primary N) is 1. The van der Waals surface area contributed by atoms with Crippen LogP contribution in [0.25, 0.3) is 0 Å². The Balaban J connectivity index is 0.00000220. The second kappa shape index (κ2) is 10.1. The molecule has 0 saturated carbocycles. The number of carbonyl (C=O) groups excluding carboxylic acids is 1. The van der Waals surface area contributed by atoms with E-state index in [1.807, 2.05) is 19.1 Å². The highest BCUT2D eigenvalue weighted by Gasteiger charge is 2.25. The standard InChI is InChI=1S/C14H21ClN4O.2ClH/c1-10(16)4-5-13(20)18-11-6-8-19(9-11)14-12(15)3-2-7-17-14;;/h2-3,7,10-11H,4-6,8-9,16H2,1H3,(H,18,20);2*1H. The maximum atomic E-state index is 11.8. The van der Waals surface area contributed by atoms with Crippen molar-refractivity contribution in [2.75, 3.05) is 18.0 Å². The summed E-state index contributed by atoms with van der Waals surface area (Å²) >= 11 is 6.14. The van der Waals surface area contributed by atoms with E-state index >= 15 is 0 Å². The van der Waals surface area contributed by atoms with Gasteiger partial charge >= 0.3 is 0 Å². The van der Waals surface area contributed by atoms with Gasteiger partial charge in [0.25, 0.3) is 0 Å². The zero-order chi connectivity index (χ0) is 14.5. The topological polar surface area (TPSA) is 71.2 Å². The van der Waals surface area contributed by atoms with Gasteiger partial charge in [0.2, 0.25) is 5.91 Å². The van der Waals surface area contributed by atoms with Crippen molar-refractivity contribution in [1.29, 1.82) is 0 Å². The van der Waals surface area contributed by atoms with Crippen molar-refractivity contribution in [3.05, 3.63) is 23.4 Å². The first kappa shape index (κ1) is 21.2. The van der Waals surface area contributed by atoms with E-state index in [1.54, 1.807) is 6.20 Å². The molecule has 1 aromatic heterocycles. The molecule has 0 aromatic carbocycles. The highest BCUT2D eigenvalue weighted by atomic mass is 35.5. The van der Waals surface area contributed by atoms with Gasteiger partial charge in [-0.25, -0.2) is 4.98 Å². The first-order chi connectivity index (χ1) is 9.56. The number of hydrogen-bond donors (Lipinski definition) is 2. The lowest BCUT2D eigenvalue weighted by Gasteiger charge is -2.19. The van der Waals surface area contributed by atoms with E-state index in [2.05, 4.69) is 15.2 Å². The minimum atomic E-state index is 0. The van der Waals surface area contributed by atoms with Crippen LogP contribution in [0.3, 0.4) is 0 Å². The van der Waals surface area contributed by atoms with Crippen LogP contribution in [0, 0.1) is 0 Å². The molecule has 2 rings (SSSR count). The molecular weight excluding hydrogens is 347 g/mol. The number of rotatable bonds is 5. The fourth-order valence-electron chi connectivity index (χ4n) is 2.34. The predicted molar refractivity (Wildman–Crippen MR) is 95.4 cm³/mol. The minimum absolute atomic E-state index is 0. The van der Waals surface area contributed by atoms with Crippen molar-refractivity contribution in [2.45, 2.75) is 38.3 Å². The monoisotopic (exact) mass is 368 g/mol. The van der Waals surface area contributed by atoms with Crippen LogP contribution in [0.15, 0.2) is 18.3 Å². The molecule has 0 radical (unpaired) electrons. The summed E-state index contributed by atoms with van der Waals surface area (Å²) in [6, 6.07) is 3.87. The van der Waals surface area contributed by atoms with Crippen molar-refractivity contribution in [3.63, 3.8) is 0 Å². The average molecular weight is 370 g/mol. The van der Waals surface area contributed by atoms with Gasteiger partial charge in [-0.1, -0.05) is 11.6 Å². The van der Waals surface area contributed by atoms with E-state index in [4.69, 9.17) is 17.3 Å². The Morgan fingerprint density at radius 3 is 2.95 bits per heavy atom. The second-order valence-corrected chi connectivity index (χ2v) is 5.73. The number of hydrogen-bond acceptors (Lipinski definition) is 4. The molecule has 1 aliphatic rings. The number of anilines is 1. The number of nitrogens with zero attached hydrogens (tertiary/aromatic N) is 2. The van der Waals surface area contributed by atoms with Crippen LogP contribution < -0.4 is 16.0 Å². The molecule has 1 aromatic rings. The number of carbonyl (C=O) groups is 1. The van der Waals surface area contributed by atoms with Gasteiger partial charge in [-0.2, -0.15) is 0 Å². The summed E-state index contributed by atoms with van der Waals surface area (Å²) in [5, 5.41) is 3.70. The SMILES string of the molecule is CC(N)CCC(=O)NC1CCN(c2ncccc2Cl)C1.Cl.Cl. The molecule has 22 heavy (non-hydrogen) atoms. The van der Waals surface area contributed by atoms with E-state index in [0.717, 1.165) is 25.3 Å². The van der Waals surface area contributed by atoms with Gasteiger partial charge in [0, 0.05) is 37.8 Å². The largest absolute Gasteiger partial charge is 0.353 e. The lowest BCUT2D eigenvalue weighted by molar-refractivity contribution is -0.121. The van der Waals surface area contributed by atoms with Gasteiger partial charge in [-0.15, -0.1) is 24.8 Å². The van der Waals surface area contributed by atoms with Gasteiger partial charge in [0.05, 0.1) is 5.02 Å². The van der Waals surface area contributed by atoms with Crippen LogP contribution in [-0.4, -0.2) is 36.1 Å². The Morgan fingerprint density at radius 2 is 2.32 bits per heavy atom. The molecule has 5 nitrogen and oxygen atoms in total. The summed E-state index contributed by atoms with van der Waals surface area (Å²) in [6.07, 6.45) is 3.85. The maximum absolute atomic E-state index is 11.8. The third kappa shape index (κ3) is 6.16. The molecule has 2 atom stereocenters. The normalized spacial score (nSPS) is 18.1. The minimum Gasteiger partial charge on any atom is -0.353 e. The molecule has 1 saturated heterocycles. The molecule has 2 heterocycles. The van der Waals surface area contributed by atoms with E-state index < -0.39 is 0 Å². The van der Waals surface area contributed by atoms with E-state index in [-0.39, 0.29) is 42.8 Å². The third-order valence-corrected chi connectivity index (χ3v) is 3.71. The fraction of sp³-hybridized carbons (Fsp3) is 0.571. The molecule has 126 valence electrons. The summed E-state index contributed by atoms with van der Waals surface area (Å²) in [6.45, 7) is 3.52. The van der Waals surface area contributed by atoms with Crippen molar-refractivity contribution in [1.82, 2.24) is 10.3 Å². The Hall–Kier alpha value is -0.750. The molecule has 1 aliphatic heterocycles. The van der Waals surface area contributed by atoms with Crippen molar-refractivity contribution < 1.29 is 4.79 Å². The molecule has 0 bridgehead atoms. The smallest absolute Gasteiger partial charge is 0.220 e. The maximum Gasteiger partial charge on any atom is 0.220 e. The molecule has 1 fully saturated rings. The summed E-state index contributed by atoms with van der Waals surface area (Å²) in [7, 11) is 0. The first-order valence-corrected chi connectivity index (χ1v) is 7.34. The van der Waals surface area contributed by atoms with Gasteiger partial charge < -0.3 is 16.0 Å². The van der Waals surface area contributed by atoms with Gasteiger partial charge in [0.1, 0.15) is 5.82 Å². The van der Waals surface area contributed by atoms with Crippen LogP contribution in [0.2, 0.25) is 5.02 Å². The van der Waals surface area contributed by atoms with Crippen molar-refractivity contribution >= 4 is 48.1 Å². The number of halogens is 3. The lowest BCUT2D eigenvalue weighted by atomic mass is 10.2. The number of aromatic nitrogens is 1. The predicted octanol–water partition coefficient (Wildman–Crippen LogP) is 2.40. The number of pyridine rings is 1. The van der Waals surface area contributed by atoms with Crippen LogP contribution in [0.4, 0.5) is 5.82 Å². The van der Waals surface area contributed by atoms with Crippen LogP contribution in [-0.2, 0) is 4.79 Å². The highest BCUT2D eigenvalue weighted by molar-refractivity contribution is 6.32. The zero-order valence-electron chi connectivity index (χ0n) is 12.5. The Kier molecular flexibility index (Phi) is 9.76. The molecule has 0 spiro atoms. The number of amides is 1. The Bertz CT molecular complexity index is 473. The molecular formula is C14H23Cl3N4O. The van der Waals surface area contributed by atoms with Gasteiger partial charge in [-0.3, -0.25) is 4.79 Å². The van der Waals surface area contributed by atoms with E-state index in [9.17, 15) is 4.79 Å². The summed E-state index contributed by atoms with van der Waals surface area (Å²) in [5.41, 5.74) is 5.65. The summed E-state index contributed by atoms with van der Waals surface area (Å²) in [4.78, 5) is 18.2. The molecule has 0 aliphatic carbocycles. The second-order valence-electron chi connectivity index (χ2n) is 5.32. The van der Waals surface area contributed by atoms with Crippen LogP contribution >= 0.6 is 36.4 Å². The highest BCUT2D eigenvalue weighted by Crippen LogP contribution is 2.25. The summed E-state index contributed by atoms with van der Waals surface area (Å²) in [5.74, 6) is 0.864. The van der Waals surface area contributed by atoms with Crippen molar-refractivity contribution in [3.8, 4) is 0 Å². The van der Waals surface area contributed by atoms with E-state index in [1.165, 1.54) is 0 Å². The Labute approximate surface area is 148 Å². The molecule has 1 amide bonds. The van der Waals surface area contributed by atoms with Gasteiger partial charge in [0.15, 0.2) is 0 Å². The quantitative estimate of drug-likeness (QED) is 0.836. The molecule has 8 heteroatoms. The van der Waals surface area contributed by atoms with Crippen molar-refractivity contribution in [2.24, 2.45) is 5.73 Å². The van der Waals surface area contributed by atoms with Crippen LogP contribution in [0.1, 0.15) is 26.2 Å². The van der Waals surface area contributed by atoms with Gasteiger partial charge in [-0.05, 0) is 31.9 Å². The molecule has 2 unspecified atom stereocenters. The zero-order valence-corrected chi connectivity index (χ0v) is 14.9. The fourth-order valence-corrected chi connectivity index (χ4v) is 2.58. The van der Waals surface area contributed by atoms with E-state index in [0.29, 0.717) is 17.9 Å². The molecule has 3 N–H and O–H groups in total. The third-order valence-electron chi connectivity index (χ3n) is 3.42. The first-order valence-electron chi connectivity index (χ1n) is 6.96.